The Labute approximate surface area is 60.8 Å². The average Bonchev–Trinajstić information content (AvgIpc) is 1.62. The van der Waals surface area contributed by atoms with Crippen molar-refractivity contribution < 1.29 is 20.1 Å². The molecule has 50 valence electrons. The van der Waals surface area contributed by atoms with Crippen molar-refractivity contribution in [2.24, 2.45) is 0 Å². The first-order chi connectivity index (χ1) is 3.48. The van der Waals surface area contributed by atoms with Crippen LogP contribution in [0, 0.1) is 0 Å². The van der Waals surface area contributed by atoms with E-state index >= 15 is 0 Å². The second kappa shape index (κ2) is 3.12. The topological polar surface area (TPSA) is 88.0 Å². The van der Waals surface area contributed by atoms with Gasteiger partial charge < -0.3 is 20.1 Å². The summed E-state index contributed by atoms with van der Waals surface area (Å²) in [5, 5.41) is 0. The quantitative estimate of drug-likeness (QED) is 0.357. The van der Waals surface area contributed by atoms with Gasteiger partial charge in [-0.3, -0.25) is 0 Å². The summed E-state index contributed by atoms with van der Waals surface area (Å²) in [7, 11) is -4.13. The van der Waals surface area contributed by atoms with Crippen LogP contribution in [0.2, 0.25) is 0 Å². The Morgan fingerprint density at radius 1 is 2.00 bits per heavy atom. The largest absolute Gasteiger partial charge is 0.774 e. The molecular formula is C2H7INO3P. The summed E-state index contributed by atoms with van der Waals surface area (Å²) in [5.74, 6) is -0.858. The van der Waals surface area contributed by atoms with Gasteiger partial charge in [-0.2, -0.15) is 0 Å². The maximum atomic E-state index is 10.1. The van der Waals surface area contributed by atoms with Crippen LogP contribution in [0.25, 0.3) is 0 Å². The number of halogens is 1. The molecule has 0 aromatic rings. The van der Waals surface area contributed by atoms with E-state index in [1.54, 1.807) is 0 Å². The van der Waals surface area contributed by atoms with Gasteiger partial charge in [-0.25, -0.2) is 0 Å². The zero-order valence-corrected chi connectivity index (χ0v) is 7.13. The van der Waals surface area contributed by atoms with E-state index in [0.717, 1.165) is 0 Å². The van der Waals surface area contributed by atoms with Crippen LogP contribution in [0.5, 0.6) is 0 Å². The van der Waals surface area contributed by atoms with Crippen molar-refractivity contribution in [1.82, 2.24) is 0 Å². The summed E-state index contributed by atoms with van der Waals surface area (Å²) in [6, 6.07) is 0. The summed E-state index contributed by atoms with van der Waals surface area (Å²) in [5.41, 5.74) is 3.19. The molecule has 0 radical (unpaired) electrons. The minimum Gasteiger partial charge on any atom is -0.774 e. The minimum absolute atomic E-state index is 0.328. The molecule has 6 heteroatoms. The van der Waals surface area contributed by atoms with Gasteiger partial charge in [0, 0.05) is 0 Å². The van der Waals surface area contributed by atoms with E-state index in [9.17, 15) is 9.46 Å². The lowest BCUT2D eigenvalue weighted by Crippen LogP contribution is -2.62. The van der Waals surface area contributed by atoms with Gasteiger partial charge in [0.25, 0.3) is 0 Å². The standard InChI is InChI=1S/C2H7INO3P/c3-1-2(4)8(5,6)7/h2H,1,4H2,(H2,5,6,7). The van der Waals surface area contributed by atoms with E-state index in [-0.39, 0.29) is 0 Å². The zero-order chi connectivity index (χ0) is 6.78. The zero-order valence-electron chi connectivity index (χ0n) is 4.08. The Bertz CT molecular complexity index is 112. The first-order valence-corrected chi connectivity index (χ1v) is 5.08. The molecule has 0 aromatic heterocycles. The third-order valence-corrected chi connectivity index (χ3v) is 3.50. The van der Waals surface area contributed by atoms with E-state index in [2.05, 4.69) is 5.73 Å². The highest BCUT2D eigenvalue weighted by Gasteiger charge is 2.15. The molecule has 0 amide bonds. The van der Waals surface area contributed by atoms with Crippen molar-refractivity contribution in [3.8, 4) is 0 Å². The summed E-state index contributed by atoms with van der Waals surface area (Å²) in [4.78, 5) is 18.3. The molecule has 0 fully saturated rings. The third-order valence-electron chi connectivity index (χ3n) is 0.640. The van der Waals surface area contributed by atoms with Gasteiger partial charge >= 0.3 is 0 Å². The molecule has 0 saturated carbocycles. The van der Waals surface area contributed by atoms with Gasteiger partial charge in [-0.05, 0) is 0 Å². The molecule has 2 atom stereocenters. The van der Waals surface area contributed by atoms with E-state index < -0.39 is 13.4 Å². The van der Waals surface area contributed by atoms with Crippen LogP contribution in [0.3, 0.4) is 0 Å². The normalized spacial score (nSPS) is 22.0. The van der Waals surface area contributed by atoms with Gasteiger partial charge in [0.15, 0.2) is 13.4 Å². The van der Waals surface area contributed by atoms with Crippen LogP contribution in [0.4, 0.5) is 0 Å². The number of rotatable bonds is 2. The first kappa shape index (κ1) is 8.84. The predicted molar refractivity (Wildman–Crippen MR) is 35.4 cm³/mol. The van der Waals surface area contributed by atoms with Gasteiger partial charge in [-0.1, -0.05) is 22.6 Å². The molecule has 0 aliphatic carbocycles. The Kier molecular flexibility index (Phi) is 3.45. The van der Waals surface area contributed by atoms with Gasteiger partial charge in [-0.15, -0.1) is 0 Å². The lowest BCUT2D eigenvalue weighted by molar-refractivity contribution is -0.397. The Morgan fingerprint density at radius 2 is 2.38 bits per heavy atom. The molecule has 0 spiro atoms. The smallest absolute Gasteiger partial charge is 0.191 e. The average molecular weight is 251 g/mol. The Morgan fingerprint density at radius 3 is 2.38 bits per heavy atom. The molecule has 8 heavy (non-hydrogen) atoms. The lowest BCUT2D eigenvalue weighted by atomic mass is 10.8. The summed E-state index contributed by atoms with van der Waals surface area (Å²) in [6.45, 7) is 0. The molecule has 4 nitrogen and oxygen atoms in total. The van der Waals surface area contributed by atoms with Crippen LogP contribution in [-0.4, -0.2) is 15.1 Å². The number of quaternary nitrogens is 1. The van der Waals surface area contributed by atoms with Crippen LogP contribution in [0.1, 0.15) is 0 Å². The van der Waals surface area contributed by atoms with Gasteiger partial charge in [0.1, 0.15) is 0 Å². The summed E-state index contributed by atoms with van der Waals surface area (Å²) < 4.78 is 10.4. The summed E-state index contributed by atoms with van der Waals surface area (Å²) >= 11 is 1.84. The van der Waals surface area contributed by atoms with Crippen molar-refractivity contribution in [2.45, 2.75) is 5.78 Å². The second-order valence-electron chi connectivity index (χ2n) is 1.37. The van der Waals surface area contributed by atoms with Crippen molar-refractivity contribution in [1.29, 1.82) is 0 Å². The van der Waals surface area contributed by atoms with Crippen LogP contribution < -0.4 is 10.6 Å². The highest BCUT2D eigenvalue weighted by Crippen LogP contribution is 2.32. The van der Waals surface area contributed by atoms with Crippen LogP contribution in [-0.2, 0) is 4.57 Å². The maximum Gasteiger partial charge on any atom is 0.191 e. The molecule has 0 aliphatic heterocycles. The van der Waals surface area contributed by atoms with E-state index in [1.807, 2.05) is 22.6 Å². The van der Waals surface area contributed by atoms with E-state index in [0.29, 0.717) is 4.43 Å². The van der Waals surface area contributed by atoms with Gasteiger partial charge in [0.2, 0.25) is 0 Å². The van der Waals surface area contributed by atoms with E-state index in [1.165, 1.54) is 0 Å². The van der Waals surface area contributed by atoms with Crippen LogP contribution >= 0.6 is 30.2 Å². The SMILES string of the molecule is [NH3+]C(CI)P(=O)([O-])O. The lowest BCUT2D eigenvalue weighted by Gasteiger charge is -2.17. The molecular weight excluding hydrogens is 244 g/mol. The fourth-order valence-corrected chi connectivity index (χ4v) is 1.75. The minimum atomic E-state index is -4.13. The third kappa shape index (κ3) is 2.99. The molecule has 0 bridgehead atoms. The highest BCUT2D eigenvalue weighted by molar-refractivity contribution is 14.1. The highest BCUT2D eigenvalue weighted by atomic mass is 127. The predicted octanol–water partition coefficient (Wildman–Crippen LogP) is -1.46. The fourth-order valence-electron chi connectivity index (χ4n) is 0.0872. The molecule has 4 N–H and O–H groups in total. The number of hydrogen-bond acceptors (Lipinski definition) is 2. The Balaban J connectivity index is 3.82. The molecule has 0 saturated heterocycles. The van der Waals surface area contributed by atoms with Crippen LogP contribution in [0.15, 0.2) is 0 Å². The monoisotopic (exact) mass is 251 g/mol. The number of hydrogen-bond donors (Lipinski definition) is 2. The maximum absolute atomic E-state index is 10.1. The number of alkyl halides is 1. The van der Waals surface area contributed by atoms with Crippen molar-refractivity contribution >= 4 is 30.2 Å². The molecule has 0 aromatic carbocycles. The Hall–Kier alpha value is 0.840. The van der Waals surface area contributed by atoms with Crippen molar-refractivity contribution in [3.05, 3.63) is 0 Å². The van der Waals surface area contributed by atoms with Crippen molar-refractivity contribution in [2.75, 3.05) is 4.43 Å². The van der Waals surface area contributed by atoms with Crippen molar-refractivity contribution in [3.63, 3.8) is 0 Å². The van der Waals surface area contributed by atoms with E-state index in [4.69, 9.17) is 4.89 Å². The molecule has 2 unspecified atom stereocenters. The molecule has 0 heterocycles. The fraction of sp³-hybridized carbons (Fsp3) is 1.00. The molecule has 0 rings (SSSR count). The second-order valence-corrected chi connectivity index (χ2v) is 4.11. The molecule has 0 aliphatic rings. The van der Waals surface area contributed by atoms with Gasteiger partial charge in [0.05, 0.1) is 4.43 Å². The summed E-state index contributed by atoms with van der Waals surface area (Å²) in [6.07, 6.45) is 0. The first-order valence-electron chi connectivity index (χ1n) is 1.91.